The summed E-state index contributed by atoms with van der Waals surface area (Å²) in [5.41, 5.74) is -0.0833. The molecule has 1 N–H and O–H groups in total. The van der Waals surface area contributed by atoms with Crippen molar-refractivity contribution < 1.29 is 0 Å². The normalized spacial score (nSPS) is 5.57. The first-order valence-electron chi connectivity index (χ1n) is 1.51. The van der Waals surface area contributed by atoms with Crippen molar-refractivity contribution in [2.24, 2.45) is 4.99 Å². The van der Waals surface area contributed by atoms with E-state index in [1.165, 1.54) is 0 Å². The maximum atomic E-state index is 7.92. The molecular weight excluding hydrogens is 90.1 g/mol. The van der Waals surface area contributed by atoms with Crippen LogP contribution in [0.5, 0.6) is 0 Å². The minimum atomic E-state index is -0.0833. The van der Waals surface area contributed by atoms with Gasteiger partial charge in [-0.05, 0) is 6.72 Å². The van der Waals surface area contributed by atoms with Gasteiger partial charge in [0.15, 0.2) is 0 Å². The van der Waals surface area contributed by atoms with Gasteiger partial charge in [-0.15, -0.1) is 0 Å². The van der Waals surface area contributed by atoms with Gasteiger partial charge in [0.1, 0.15) is 6.07 Å². The molecule has 0 aliphatic heterocycles. The molecule has 3 nitrogen and oxygen atoms in total. The molecule has 0 spiro atoms. The first kappa shape index (κ1) is 5.61. The van der Waals surface area contributed by atoms with Gasteiger partial charge in [-0.25, -0.2) is 4.99 Å². The predicted molar refractivity (Wildman–Crippen MR) is 26.4 cm³/mol. The Morgan fingerprint density at radius 1 is 1.86 bits per heavy atom. The Morgan fingerprint density at radius 3 is 2.43 bits per heavy atom. The third kappa shape index (κ3) is 1.48. The van der Waals surface area contributed by atoms with Crippen molar-refractivity contribution in [1.29, 1.82) is 10.7 Å². The Labute approximate surface area is 41.1 Å². The molecule has 0 aromatic rings. The summed E-state index contributed by atoms with van der Waals surface area (Å²) in [5, 5.41) is 14.2. The zero-order chi connectivity index (χ0) is 5.70. The van der Waals surface area contributed by atoms with Crippen molar-refractivity contribution in [3.05, 3.63) is 5.70 Å². The van der Waals surface area contributed by atoms with Crippen molar-refractivity contribution >= 4 is 12.6 Å². The fourth-order valence-electron chi connectivity index (χ4n) is 0.103. The van der Waals surface area contributed by atoms with Gasteiger partial charge in [0.2, 0.25) is 5.70 Å². The lowest BCUT2D eigenvalue weighted by atomic mass is 10.6. The zero-order valence-electron chi connectivity index (χ0n) is 3.60. The highest BCUT2D eigenvalue weighted by atomic mass is 14.7. The molecule has 0 aliphatic rings. The number of nitrogens with one attached hydrogen (secondary N) is 1. The van der Waals surface area contributed by atoms with Crippen LogP contribution in [0.1, 0.15) is 0 Å². The lowest BCUT2D eigenvalue weighted by molar-refractivity contribution is 1.42. The molecule has 0 saturated carbocycles. The third-order valence-corrected chi connectivity index (χ3v) is 0.382. The highest BCUT2D eigenvalue weighted by molar-refractivity contribution is 5.61. The van der Waals surface area contributed by atoms with Gasteiger partial charge in [-0.3, -0.25) is 5.41 Å². The molecule has 0 unspecified atom stereocenters. The van der Waals surface area contributed by atoms with Gasteiger partial charge in [-0.1, -0.05) is 0 Å². The van der Waals surface area contributed by atoms with Crippen LogP contribution in [0.25, 0.3) is 0 Å². The highest BCUT2D eigenvalue weighted by Crippen LogP contribution is 1.79. The summed E-state index contributed by atoms with van der Waals surface area (Å²) in [6.07, 6.45) is 0. The molecule has 0 radical (unpaired) electrons. The van der Waals surface area contributed by atoms with Gasteiger partial charge in [0.25, 0.3) is 0 Å². The molecule has 0 amide bonds. The van der Waals surface area contributed by atoms with Crippen LogP contribution in [0.2, 0.25) is 0 Å². The summed E-state index contributed by atoms with van der Waals surface area (Å²) in [6, 6.07) is 1.59. The van der Waals surface area contributed by atoms with Crippen LogP contribution in [-0.4, -0.2) is 12.6 Å². The van der Waals surface area contributed by atoms with Crippen LogP contribution < -0.4 is 0 Å². The molecule has 0 atom stereocenters. The molecule has 0 saturated heterocycles. The standard InChI is InChI=1S/C4H3N3/c1-7-4(2-5)3-6/h5H,1H2. The van der Waals surface area contributed by atoms with Crippen molar-refractivity contribution in [2.45, 2.75) is 0 Å². The molecule has 7 heavy (non-hydrogen) atoms. The van der Waals surface area contributed by atoms with Crippen LogP contribution >= 0.6 is 0 Å². The second-order valence-electron chi connectivity index (χ2n) is 0.744. The molecule has 0 heterocycles. The molecule has 0 aromatic heterocycles. The van der Waals surface area contributed by atoms with Gasteiger partial charge >= 0.3 is 0 Å². The number of allylic oxidation sites excluding steroid dienone is 1. The summed E-state index contributed by atoms with van der Waals surface area (Å²) in [7, 11) is 0. The SMILES string of the molecule is C=NC(=C=N)C#N. The third-order valence-electron chi connectivity index (χ3n) is 0.382. The average Bonchev–Trinajstić information content (AvgIpc) is 1.72. The average molecular weight is 93.1 g/mol. The largest absolute Gasteiger partial charge is 0.256 e. The topological polar surface area (TPSA) is 60.0 Å². The van der Waals surface area contributed by atoms with Crippen molar-refractivity contribution in [3.8, 4) is 6.07 Å². The second kappa shape index (κ2) is 2.83. The van der Waals surface area contributed by atoms with Crippen LogP contribution in [0.4, 0.5) is 0 Å². The summed E-state index contributed by atoms with van der Waals surface area (Å²) in [4.78, 5) is 3.13. The van der Waals surface area contributed by atoms with E-state index in [2.05, 4.69) is 11.7 Å². The van der Waals surface area contributed by atoms with Gasteiger partial charge in [0.05, 0.1) is 0 Å². The number of rotatable bonds is 1. The number of hydrogen-bond acceptors (Lipinski definition) is 3. The van der Waals surface area contributed by atoms with Crippen LogP contribution in [0, 0.1) is 16.7 Å². The van der Waals surface area contributed by atoms with Gasteiger partial charge in [0, 0.05) is 5.87 Å². The maximum absolute atomic E-state index is 7.92. The molecule has 0 aliphatic carbocycles. The van der Waals surface area contributed by atoms with Crippen LogP contribution in [-0.2, 0) is 0 Å². The van der Waals surface area contributed by atoms with Crippen LogP contribution in [0.3, 0.4) is 0 Å². The van der Waals surface area contributed by atoms with Gasteiger partial charge < -0.3 is 0 Å². The number of nitrogens with zero attached hydrogens (tertiary/aromatic N) is 2. The quantitative estimate of drug-likeness (QED) is 0.369. The summed E-state index contributed by atoms with van der Waals surface area (Å²) >= 11 is 0. The van der Waals surface area contributed by atoms with Crippen molar-refractivity contribution in [3.63, 3.8) is 0 Å². The molecule has 0 fully saturated rings. The molecule has 0 bridgehead atoms. The predicted octanol–water partition coefficient (Wildman–Crippen LogP) is 0.343. The number of hydrogen-bond donors (Lipinski definition) is 1. The Hall–Kier alpha value is -1.39. The first-order chi connectivity index (χ1) is 3.35. The molecule has 0 aromatic carbocycles. The molecular formula is C4H3N3. The van der Waals surface area contributed by atoms with Crippen molar-refractivity contribution in [1.82, 2.24) is 0 Å². The highest BCUT2D eigenvalue weighted by Gasteiger charge is 1.78. The lowest BCUT2D eigenvalue weighted by Gasteiger charge is -1.68. The fraction of sp³-hybridized carbons (Fsp3) is 0. The fourth-order valence-corrected chi connectivity index (χ4v) is 0.103. The lowest BCUT2D eigenvalue weighted by Crippen LogP contribution is -1.66. The van der Waals surface area contributed by atoms with E-state index in [1.807, 2.05) is 0 Å². The van der Waals surface area contributed by atoms with Gasteiger partial charge in [-0.2, -0.15) is 5.26 Å². The minimum absolute atomic E-state index is 0.0833. The Kier molecular flexibility index (Phi) is 2.27. The minimum Gasteiger partial charge on any atom is -0.256 e. The molecule has 34 valence electrons. The zero-order valence-corrected chi connectivity index (χ0v) is 3.60. The Bertz CT molecular complexity index is 156. The second-order valence-corrected chi connectivity index (χ2v) is 0.744. The molecule has 0 rings (SSSR count). The number of aliphatic imine (C=N–C) groups is 1. The van der Waals surface area contributed by atoms with E-state index < -0.39 is 0 Å². The van der Waals surface area contributed by atoms with E-state index >= 15 is 0 Å². The van der Waals surface area contributed by atoms with Crippen molar-refractivity contribution in [2.75, 3.05) is 0 Å². The van der Waals surface area contributed by atoms with E-state index in [0.717, 1.165) is 0 Å². The Morgan fingerprint density at radius 2 is 2.43 bits per heavy atom. The van der Waals surface area contributed by atoms with E-state index in [9.17, 15) is 0 Å². The van der Waals surface area contributed by atoms with E-state index in [4.69, 9.17) is 10.7 Å². The summed E-state index contributed by atoms with van der Waals surface area (Å²) < 4.78 is 0. The number of nitriles is 1. The molecule has 3 heteroatoms. The van der Waals surface area contributed by atoms with E-state index in [-0.39, 0.29) is 5.70 Å². The van der Waals surface area contributed by atoms with E-state index in [0.29, 0.717) is 0 Å². The maximum Gasteiger partial charge on any atom is 0.200 e. The summed E-state index contributed by atoms with van der Waals surface area (Å²) in [5.74, 6) is 1.78. The Balaban J connectivity index is 4.24. The smallest absolute Gasteiger partial charge is 0.200 e. The van der Waals surface area contributed by atoms with Crippen LogP contribution in [0.15, 0.2) is 10.7 Å². The van der Waals surface area contributed by atoms with E-state index in [1.54, 1.807) is 11.9 Å². The monoisotopic (exact) mass is 93.0 g/mol. The first-order valence-corrected chi connectivity index (χ1v) is 1.51. The summed E-state index contributed by atoms with van der Waals surface area (Å²) in [6.45, 7) is 3.01.